The van der Waals surface area contributed by atoms with Crippen LogP contribution in [0.4, 0.5) is 19.1 Å². The number of hydrogen-bond donors (Lipinski definition) is 2. The smallest absolute Gasteiger partial charge is 0.416 e. The minimum absolute atomic E-state index is 0.335. The number of benzene rings is 1. The van der Waals surface area contributed by atoms with E-state index in [9.17, 15) is 13.2 Å². The quantitative estimate of drug-likeness (QED) is 0.768. The number of anilines is 1. The van der Waals surface area contributed by atoms with E-state index in [0.29, 0.717) is 29.3 Å². The van der Waals surface area contributed by atoms with E-state index < -0.39 is 11.7 Å². The van der Waals surface area contributed by atoms with Crippen LogP contribution in [0.25, 0.3) is 11.0 Å². The Balaban J connectivity index is 1.83. The predicted octanol–water partition coefficient (Wildman–Crippen LogP) is 3.79. The number of furan rings is 1. The lowest BCUT2D eigenvalue weighted by atomic mass is 10.2. The fraction of sp³-hybridized carbons (Fsp3) is 0.154. The van der Waals surface area contributed by atoms with Gasteiger partial charge in [0, 0.05) is 0 Å². The summed E-state index contributed by atoms with van der Waals surface area (Å²) in [5.41, 5.74) is 0.105. The van der Waals surface area contributed by atoms with Gasteiger partial charge in [-0.1, -0.05) is 0 Å². The molecule has 2 N–H and O–H groups in total. The highest BCUT2D eigenvalue weighted by Gasteiger charge is 2.30. The first kappa shape index (κ1) is 12.6. The Morgan fingerprint density at radius 2 is 2.10 bits per heavy atom. The van der Waals surface area contributed by atoms with Gasteiger partial charge in [0.05, 0.1) is 29.4 Å². The molecule has 0 aliphatic heterocycles. The van der Waals surface area contributed by atoms with Crippen molar-refractivity contribution >= 4 is 17.0 Å². The molecule has 0 aliphatic rings. The second kappa shape index (κ2) is 4.59. The first-order valence-corrected chi connectivity index (χ1v) is 5.85. The van der Waals surface area contributed by atoms with Crippen molar-refractivity contribution in [2.75, 3.05) is 5.32 Å². The van der Waals surface area contributed by atoms with Crippen molar-refractivity contribution in [3.8, 4) is 0 Å². The molecule has 3 rings (SSSR count). The molecule has 0 radical (unpaired) electrons. The number of nitrogens with zero attached hydrogens (tertiary/aromatic N) is 1. The Hall–Kier alpha value is -2.44. The van der Waals surface area contributed by atoms with Crippen LogP contribution in [0.1, 0.15) is 11.3 Å². The maximum absolute atomic E-state index is 12.6. The van der Waals surface area contributed by atoms with Crippen LogP contribution in [0.15, 0.2) is 41.0 Å². The zero-order valence-corrected chi connectivity index (χ0v) is 10.2. The summed E-state index contributed by atoms with van der Waals surface area (Å²) < 4.78 is 42.9. The molecule has 7 heteroatoms. The number of fused-ring (bicyclic) bond motifs is 1. The average molecular weight is 281 g/mol. The lowest BCUT2D eigenvalue weighted by Crippen LogP contribution is -2.04. The lowest BCUT2D eigenvalue weighted by Gasteiger charge is -2.05. The van der Waals surface area contributed by atoms with Gasteiger partial charge in [-0.2, -0.15) is 13.2 Å². The van der Waals surface area contributed by atoms with Gasteiger partial charge in [0.25, 0.3) is 0 Å². The summed E-state index contributed by atoms with van der Waals surface area (Å²) >= 11 is 0. The van der Waals surface area contributed by atoms with Crippen LogP contribution < -0.4 is 5.32 Å². The summed E-state index contributed by atoms with van der Waals surface area (Å²) in [5.74, 6) is 1.11. The molecule has 0 spiro atoms. The predicted molar refractivity (Wildman–Crippen MR) is 67.1 cm³/mol. The van der Waals surface area contributed by atoms with Crippen LogP contribution in [0.5, 0.6) is 0 Å². The third-order valence-corrected chi connectivity index (χ3v) is 2.82. The Kier molecular flexibility index (Phi) is 2.89. The Morgan fingerprint density at radius 1 is 1.25 bits per heavy atom. The van der Waals surface area contributed by atoms with Crippen molar-refractivity contribution in [2.45, 2.75) is 12.7 Å². The van der Waals surface area contributed by atoms with Crippen LogP contribution >= 0.6 is 0 Å². The Bertz CT molecular complexity index is 716. The molecule has 0 aliphatic carbocycles. The molecule has 104 valence electrons. The fourth-order valence-electron chi connectivity index (χ4n) is 1.85. The van der Waals surface area contributed by atoms with E-state index >= 15 is 0 Å². The van der Waals surface area contributed by atoms with Crippen LogP contribution in [-0.2, 0) is 12.7 Å². The lowest BCUT2D eigenvalue weighted by molar-refractivity contribution is -0.137. The van der Waals surface area contributed by atoms with E-state index in [4.69, 9.17) is 4.42 Å². The minimum Gasteiger partial charge on any atom is -0.467 e. The summed E-state index contributed by atoms with van der Waals surface area (Å²) in [5, 5.41) is 2.95. The monoisotopic (exact) mass is 281 g/mol. The van der Waals surface area contributed by atoms with Crippen molar-refractivity contribution < 1.29 is 17.6 Å². The molecule has 1 aromatic carbocycles. The number of hydrogen-bond acceptors (Lipinski definition) is 3. The van der Waals surface area contributed by atoms with Crippen LogP contribution in [0.2, 0.25) is 0 Å². The largest absolute Gasteiger partial charge is 0.467 e. The summed E-state index contributed by atoms with van der Waals surface area (Å²) in [6.07, 6.45) is -2.81. The second-order valence-electron chi connectivity index (χ2n) is 4.25. The van der Waals surface area contributed by atoms with Gasteiger partial charge >= 0.3 is 6.18 Å². The fourth-order valence-corrected chi connectivity index (χ4v) is 1.85. The second-order valence-corrected chi connectivity index (χ2v) is 4.25. The SMILES string of the molecule is FC(F)(F)c1ccc2nc(NCc3ccco3)[nH]c2c1. The molecule has 20 heavy (non-hydrogen) atoms. The van der Waals surface area contributed by atoms with E-state index in [1.807, 2.05) is 0 Å². The number of H-pyrrole nitrogens is 1. The van der Waals surface area contributed by atoms with Crippen molar-refractivity contribution in [3.05, 3.63) is 47.9 Å². The number of alkyl halides is 3. The highest BCUT2D eigenvalue weighted by Crippen LogP contribution is 2.31. The molecular weight excluding hydrogens is 271 g/mol. The van der Waals surface area contributed by atoms with E-state index in [2.05, 4.69) is 15.3 Å². The molecule has 0 bridgehead atoms. The van der Waals surface area contributed by atoms with Gasteiger partial charge in [0.15, 0.2) is 0 Å². The van der Waals surface area contributed by atoms with Crippen molar-refractivity contribution in [1.29, 1.82) is 0 Å². The van der Waals surface area contributed by atoms with Gasteiger partial charge < -0.3 is 14.7 Å². The molecule has 0 saturated heterocycles. The molecule has 2 aromatic heterocycles. The number of aromatic nitrogens is 2. The van der Waals surface area contributed by atoms with Gasteiger partial charge in [0.2, 0.25) is 5.95 Å². The molecule has 4 nitrogen and oxygen atoms in total. The van der Waals surface area contributed by atoms with Crippen LogP contribution in [-0.4, -0.2) is 9.97 Å². The first-order valence-electron chi connectivity index (χ1n) is 5.85. The van der Waals surface area contributed by atoms with Gasteiger partial charge in [-0.25, -0.2) is 4.98 Å². The third-order valence-electron chi connectivity index (χ3n) is 2.82. The zero-order valence-electron chi connectivity index (χ0n) is 10.2. The van der Waals surface area contributed by atoms with Gasteiger partial charge in [-0.05, 0) is 30.3 Å². The van der Waals surface area contributed by atoms with Crippen molar-refractivity contribution in [2.24, 2.45) is 0 Å². The Morgan fingerprint density at radius 3 is 2.80 bits per heavy atom. The van der Waals surface area contributed by atoms with Gasteiger partial charge in [-0.3, -0.25) is 0 Å². The number of rotatable bonds is 3. The topological polar surface area (TPSA) is 53.9 Å². The normalized spacial score (nSPS) is 11.9. The highest BCUT2D eigenvalue weighted by atomic mass is 19.4. The maximum Gasteiger partial charge on any atom is 0.416 e. The standard InChI is InChI=1S/C13H10F3N3O/c14-13(15,16)8-3-4-10-11(6-8)19-12(18-10)17-7-9-2-1-5-20-9/h1-6H,7H2,(H2,17,18,19). The molecular formula is C13H10F3N3O. The zero-order chi connectivity index (χ0) is 14.2. The maximum atomic E-state index is 12.6. The van der Waals surface area contributed by atoms with E-state index in [-0.39, 0.29) is 0 Å². The average Bonchev–Trinajstić information content (AvgIpc) is 3.03. The van der Waals surface area contributed by atoms with Gasteiger partial charge in [0.1, 0.15) is 5.76 Å². The molecule has 0 fully saturated rings. The number of nitrogens with one attached hydrogen (secondary N) is 2. The molecule has 0 amide bonds. The minimum atomic E-state index is -4.36. The summed E-state index contributed by atoms with van der Waals surface area (Å²) in [6, 6.07) is 6.94. The third kappa shape index (κ3) is 2.47. The number of aromatic amines is 1. The highest BCUT2D eigenvalue weighted by molar-refractivity contribution is 5.78. The number of halogens is 3. The molecule has 3 aromatic rings. The molecule has 2 heterocycles. The van der Waals surface area contributed by atoms with E-state index in [1.54, 1.807) is 18.4 Å². The molecule has 0 atom stereocenters. The molecule has 0 unspecified atom stereocenters. The first-order chi connectivity index (χ1) is 9.52. The summed E-state index contributed by atoms with van der Waals surface area (Å²) in [7, 11) is 0. The van der Waals surface area contributed by atoms with Crippen LogP contribution in [0, 0.1) is 0 Å². The number of imidazole rings is 1. The van der Waals surface area contributed by atoms with Crippen LogP contribution in [0.3, 0.4) is 0 Å². The van der Waals surface area contributed by atoms with Crippen molar-refractivity contribution in [1.82, 2.24) is 9.97 Å². The summed E-state index contributed by atoms with van der Waals surface area (Å²) in [6.45, 7) is 0.402. The molecule has 0 saturated carbocycles. The van der Waals surface area contributed by atoms with E-state index in [1.165, 1.54) is 6.07 Å². The Labute approximate surface area is 111 Å². The summed E-state index contributed by atoms with van der Waals surface area (Å²) in [4.78, 5) is 6.97. The van der Waals surface area contributed by atoms with Crippen molar-refractivity contribution in [3.63, 3.8) is 0 Å². The van der Waals surface area contributed by atoms with Gasteiger partial charge in [-0.15, -0.1) is 0 Å². The van der Waals surface area contributed by atoms with E-state index in [0.717, 1.165) is 12.1 Å².